The Morgan fingerprint density at radius 3 is 2.30 bits per heavy atom. The molecule has 11 nitrogen and oxygen atoms in total. The fourth-order valence-corrected chi connectivity index (χ4v) is 12.1. The summed E-state index contributed by atoms with van der Waals surface area (Å²) >= 11 is 0. The molecule has 0 radical (unpaired) electrons. The number of aliphatic hydroxyl groups excluding tert-OH is 2. The number of carbonyl (C=O) groups is 1. The van der Waals surface area contributed by atoms with Crippen LogP contribution in [-0.4, -0.2) is 130 Å². The Balaban J connectivity index is 1.41. The number of benzene rings is 1. The molecule has 44 heavy (non-hydrogen) atoms. The lowest BCUT2D eigenvalue weighted by Gasteiger charge is -2.69. The average Bonchev–Trinajstić information content (AvgIpc) is 3.36. The van der Waals surface area contributed by atoms with Gasteiger partial charge < -0.3 is 43.7 Å². The van der Waals surface area contributed by atoms with Crippen LogP contribution < -0.4 is 4.74 Å². The maximum absolute atomic E-state index is 13.7. The van der Waals surface area contributed by atoms with Crippen LogP contribution in [0.15, 0.2) is 24.3 Å². The molecule has 3 N–H and O–H groups in total. The molecule has 6 aliphatic rings. The molecule has 7 bridgehead atoms. The first-order chi connectivity index (χ1) is 21.1. The van der Waals surface area contributed by atoms with Crippen LogP contribution >= 0.6 is 0 Å². The van der Waals surface area contributed by atoms with Gasteiger partial charge in [0.25, 0.3) is 0 Å². The van der Waals surface area contributed by atoms with E-state index in [-0.39, 0.29) is 48.3 Å². The zero-order chi connectivity index (χ0) is 31.3. The zero-order valence-corrected chi connectivity index (χ0v) is 26.4. The van der Waals surface area contributed by atoms with E-state index in [1.165, 1.54) is 7.11 Å². The van der Waals surface area contributed by atoms with Crippen LogP contribution in [0, 0.1) is 40.4 Å². The predicted octanol–water partition coefficient (Wildman–Crippen LogP) is 0.971. The van der Waals surface area contributed by atoms with E-state index in [0.717, 1.165) is 6.54 Å². The Morgan fingerprint density at radius 2 is 1.70 bits per heavy atom. The van der Waals surface area contributed by atoms with Gasteiger partial charge in [-0.2, -0.15) is 0 Å². The van der Waals surface area contributed by atoms with E-state index in [1.807, 2.05) is 0 Å². The lowest BCUT2D eigenvalue weighted by molar-refractivity contribution is -0.285. The van der Waals surface area contributed by atoms with E-state index in [9.17, 15) is 20.1 Å². The van der Waals surface area contributed by atoms with Gasteiger partial charge in [0.1, 0.15) is 23.6 Å². The van der Waals surface area contributed by atoms with Crippen LogP contribution in [-0.2, 0) is 23.7 Å². The Kier molecular flexibility index (Phi) is 7.42. The fourth-order valence-electron chi connectivity index (χ4n) is 12.1. The van der Waals surface area contributed by atoms with Gasteiger partial charge in [0.2, 0.25) is 0 Å². The maximum Gasteiger partial charge on any atom is 0.338 e. The van der Waals surface area contributed by atoms with Gasteiger partial charge in [-0.15, -0.1) is 0 Å². The minimum absolute atomic E-state index is 0.0401. The van der Waals surface area contributed by atoms with Crippen LogP contribution in [0.5, 0.6) is 5.75 Å². The summed E-state index contributed by atoms with van der Waals surface area (Å²) in [7, 11) is 8.15. The van der Waals surface area contributed by atoms with Crippen LogP contribution in [0.25, 0.3) is 0 Å². The predicted molar refractivity (Wildman–Crippen MR) is 156 cm³/mol. The standard InChI is InChI=1S/C33H47NO10/c1-7-34-14-31(15-39-2)19(35)12-20(41-4)33-18-13-32(38)28(44-30(37)16-8-10-17(40-3)11-9-16)21(18)22(24(36)29(32)43-6)23(27(33)34)25(42-5)26(31)33/h8-11,18-29,35-36,38H,7,12-15H2,1-6H3/t18-,19-,20+,21+,22+,23?,24-,25+,26-,27?,28-,29+,31+,32-,33?/m1/s1. The first kappa shape index (κ1) is 30.8. The summed E-state index contributed by atoms with van der Waals surface area (Å²) in [5.41, 5.74) is -2.50. The maximum atomic E-state index is 13.7. The normalized spacial score (nSPS) is 50.0. The van der Waals surface area contributed by atoms with Gasteiger partial charge in [0.15, 0.2) is 0 Å². The van der Waals surface area contributed by atoms with E-state index in [0.29, 0.717) is 30.9 Å². The molecular weight excluding hydrogens is 570 g/mol. The number of fused-ring (bicyclic) bond motifs is 2. The van der Waals surface area contributed by atoms with Crippen molar-refractivity contribution in [1.82, 2.24) is 4.90 Å². The molecule has 1 spiro atoms. The van der Waals surface area contributed by atoms with E-state index in [2.05, 4.69) is 11.8 Å². The molecule has 5 saturated carbocycles. The molecule has 11 heteroatoms. The highest BCUT2D eigenvalue weighted by Gasteiger charge is 2.87. The largest absolute Gasteiger partial charge is 0.497 e. The fraction of sp³-hybridized carbons (Fsp3) is 0.788. The van der Waals surface area contributed by atoms with Crippen LogP contribution in [0.1, 0.15) is 30.1 Å². The molecule has 15 atom stereocenters. The van der Waals surface area contributed by atoms with Crippen molar-refractivity contribution < 1.29 is 48.5 Å². The minimum Gasteiger partial charge on any atom is -0.497 e. The molecular formula is C33H47NO10. The highest BCUT2D eigenvalue weighted by atomic mass is 16.6. The second kappa shape index (κ2) is 10.6. The third-order valence-corrected chi connectivity index (χ3v) is 13.1. The van der Waals surface area contributed by atoms with Crippen molar-refractivity contribution in [3.63, 3.8) is 0 Å². The van der Waals surface area contributed by atoms with Gasteiger partial charge in [-0.3, -0.25) is 4.90 Å². The summed E-state index contributed by atoms with van der Waals surface area (Å²) in [6.45, 7) is 3.84. The summed E-state index contributed by atoms with van der Waals surface area (Å²) in [6, 6.07) is 6.66. The first-order valence-corrected chi connectivity index (χ1v) is 15.9. The van der Waals surface area contributed by atoms with Crippen molar-refractivity contribution in [2.75, 3.05) is 55.2 Å². The number of carbonyl (C=O) groups excluding carboxylic acids is 1. The molecule has 5 aliphatic carbocycles. The Labute approximate surface area is 258 Å². The van der Waals surface area contributed by atoms with E-state index < -0.39 is 52.7 Å². The molecule has 3 unspecified atom stereocenters. The molecule has 0 amide bonds. The molecule has 0 aromatic heterocycles. The Bertz CT molecular complexity index is 1260. The molecule has 1 heterocycles. The highest BCUT2D eigenvalue weighted by molar-refractivity contribution is 5.89. The summed E-state index contributed by atoms with van der Waals surface area (Å²) in [4.78, 5) is 16.1. The zero-order valence-electron chi connectivity index (χ0n) is 26.4. The number of hydrogen-bond acceptors (Lipinski definition) is 11. The number of methoxy groups -OCH3 is 5. The van der Waals surface area contributed by atoms with E-state index in [4.69, 9.17) is 28.4 Å². The Morgan fingerprint density at radius 1 is 0.977 bits per heavy atom. The van der Waals surface area contributed by atoms with Crippen LogP contribution in [0.2, 0.25) is 0 Å². The van der Waals surface area contributed by atoms with E-state index >= 15 is 0 Å². The molecule has 1 saturated heterocycles. The van der Waals surface area contributed by atoms with Crippen molar-refractivity contribution in [3.8, 4) is 5.75 Å². The molecule has 1 aromatic carbocycles. The van der Waals surface area contributed by atoms with Gasteiger partial charge in [-0.1, -0.05) is 6.92 Å². The number of ether oxygens (including phenoxy) is 6. The third kappa shape index (κ3) is 3.53. The summed E-state index contributed by atoms with van der Waals surface area (Å²) in [5, 5.41) is 36.6. The molecule has 7 rings (SSSR count). The molecule has 6 fully saturated rings. The number of esters is 1. The minimum atomic E-state index is -1.63. The SMILES string of the molecule is CCN1C[C@]2(COC)[C@H](O)C[C@H](OC)C34C1C([C@H]1[C@@H](O)[C@H](OC)[C@@]5(O)C[C@@H]3[C@@H]1[C@H]5OC(=O)c1ccc(OC)cc1)[C@H](OC)[C@@H]42. The van der Waals surface area contributed by atoms with E-state index in [1.54, 1.807) is 52.7 Å². The smallest absolute Gasteiger partial charge is 0.338 e. The number of hydrogen-bond donors (Lipinski definition) is 3. The van der Waals surface area contributed by atoms with Crippen molar-refractivity contribution in [1.29, 1.82) is 0 Å². The van der Waals surface area contributed by atoms with Gasteiger partial charge in [-0.05, 0) is 43.1 Å². The van der Waals surface area contributed by atoms with Gasteiger partial charge >= 0.3 is 5.97 Å². The number of nitrogens with zero attached hydrogens (tertiary/aromatic N) is 1. The quantitative estimate of drug-likeness (QED) is 0.342. The molecule has 244 valence electrons. The topological polar surface area (TPSA) is 136 Å². The number of rotatable bonds is 9. The summed E-state index contributed by atoms with van der Waals surface area (Å²) in [6.07, 6.45) is -3.60. The summed E-state index contributed by atoms with van der Waals surface area (Å²) < 4.78 is 36.2. The molecule has 1 aliphatic heterocycles. The van der Waals surface area contributed by atoms with Crippen molar-refractivity contribution in [2.45, 2.75) is 68.0 Å². The summed E-state index contributed by atoms with van der Waals surface area (Å²) in [5.74, 6) is -1.27. The lowest BCUT2D eigenvalue weighted by atomic mass is 9.43. The second-order valence-electron chi connectivity index (χ2n) is 14.1. The van der Waals surface area contributed by atoms with Crippen molar-refractivity contribution in [3.05, 3.63) is 29.8 Å². The average molecular weight is 618 g/mol. The first-order valence-electron chi connectivity index (χ1n) is 15.9. The second-order valence-corrected chi connectivity index (χ2v) is 14.1. The third-order valence-electron chi connectivity index (χ3n) is 13.1. The van der Waals surface area contributed by atoms with Gasteiger partial charge in [-0.25, -0.2) is 4.79 Å². The van der Waals surface area contributed by atoms with Crippen molar-refractivity contribution >= 4 is 5.97 Å². The number of aliphatic hydroxyl groups is 3. The number of piperidine rings is 1. The van der Waals surface area contributed by atoms with Crippen LogP contribution in [0.4, 0.5) is 0 Å². The molecule has 1 aromatic rings. The van der Waals surface area contributed by atoms with Crippen LogP contribution in [0.3, 0.4) is 0 Å². The highest BCUT2D eigenvalue weighted by Crippen LogP contribution is 2.79. The van der Waals surface area contributed by atoms with Gasteiger partial charge in [0, 0.05) is 81.9 Å². The monoisotopic (exact) mass is 617 g/mol. The number of likely N-dealkylation sites (tertiary alicyclic amines) is 1. The Hall–Kier alpha value is -1.83. The van der Waals surface area contributed by atoms with Crippen molar-refractivity contribution in [2.24, 2.45) is 40.4 Å². The lowest BCUT2D eigenvalue weighted by Crippen LogP contribution is -2.77. The van der Waals surface area contributed by atoms with Gasteiger partial charge in [0.05, 0.1) is 43.7 Å².